The van der Waals surface area contributed by atoms with Gasteiger partial charge < -0.3 is 15.0 Å². The summed E-state index contributed by atoms with van der Waals surface area (Å²) in [7, 11) is 5.44. The molecule has 1 heterocycles. The lowest BCUT2D eigenvalue weighted by molar-refractivity contribution is 0.397. The van der Waals surface area contributed by atoms with E-state index < -0.39 is 0 Å². The van der Waals surface area contributed by atoms with Crippen molar-refractivity contribution in [2.45, 2.75) is 13.5 Å². The van der Waals surface area contributed by atoms with Crippen molar-refractivity contribution < 1.29 is 9.13 Å². The van der Waals surface area contributed by atoms with Gasteiger partial charge in [-0.3, -0.25) is 0 Å². The molecule has 0 fully saturated rings. The van der Waals surface area contributed by atoms with Crippen molar-refractivity contribution in [3.63, 3.8) is 0 Å². The van der Waals surface area contributed by atoms with Crippen molar-refractivity contribution >= 4 is 22.2 Å². The summed E-state index contributed by atoms with van der Waals surface area (Å²) in [5.41, 5.74) is 1.51. The summed E-state index contributed by atoms with van der Waals surface area (Å²) in [5, 5.41) is 3.96. The van der Waals surface area contributed by atoms with Crippen LogP contribution in [0.1, 0.15) is 10.4 Å². The molecule has 0 unspecified atom stereocenters. The van der Waals surface area contributed by atoms with Crippen LogP contribution in [-0.2, 0) is 6.54 Å². The van der Waals surface area contributed by atoms with E-state index in [0.29, 0.717) is 18.1 Å². The average molecular weight is 295 g/mol. The first-order valence-electron chi connectivity index (χ1n) is 6.22. The highest BCUT2D eigenvalue weighted by Gasteiger charge is 2.13. The van der Waals surface area contributed by atoms with Crippen molar-refractivity contribution in [1.29, 1.82) is 0 Å². The van der Waals surface area contributed by atoms with E-state index in [9.17, 15) is 4.39 Å². The Hall–Kier alpha value is -1.82. The van der Waals surface area contributed by atoms with Crippen LogP contribution in [0, 0.1) is 12.7 Å². The summed E-state index contributed by atoms with van der Waals surface area (Å²) in [5.74, 6) is 0.325. The van der Waals surface area contributed by atoms with Gasteiger partial charge in [-0.1, -0.05) is 17.4 Å². The number of benzene rings is 1. The van der Waals surface area contributed by atoms with Gasteiger partial charge in [0, 0.05) is 14.1 Å². The summed E-state index contributed by atoms with van der Waals surface area (Å²) in [6.07, 6.45) is 0. The maximum Gasteiger partial charge on any atom is 0.231 e. The fourth-order valence-corrected chi connectivity index (χ4v) is 2.63. The second-order valence-corrected chi connectivity index (χ2v) is 5.72. The van der Waals surface area contributed by atoms with Crippen LogP contribution in [0.25, 0.3) is 0 Å². The SMILES string of the molecule is COc1nc(N(C)C)sc1CNc1cc(C)ccc1F. The zero-order valence-corrected chi connectivity index (χ0v) is 12.8. The fourth-order valence-electron chi connectivity index (χ4n) is 1.74. The second kappa shape index (κ2) is 6.09. The van der Waals surface area contributed by atoms with Crippen LogP contribution in [0.5, 0.6) is 5.88 Å². The van der Waals surface area contributed by atoms with Crippen LogP contribution in [0.4, 0.5) is 15.2 Å². The standard InChI is InChI=1S/C14H18FN3OS/c1-9-5-6-10(15)11(7-9)16-8-12-13(19-4)17-14(20-12)18(2)3/h5-7,16H,8H2,1-4H3. The van der Waals surface area contributed by atoms with Crippen LogP contribution in [0.2, 0.25) is 0 Å². The van der Waals surface area contributed by atoms with E-state index >= 15 is 0 Å². The second-order valence-electron chi connectivity index (χ2n) is 4.66. The Morgan fingerprint density at radius 2 is 2.15 bits per heavy atom. The molecule has 1 aromatic heterocycles. The monoisotopic (exact) mass is 295 g/mol. The van der Waals surface area contributed by atoms with Gasteiger partial charge in [0.25, 0.3) is 0 Å². The number of hydrogen-bond acceptors (Lipinski definition) is 5. The van der Waals surface area contributed by atoms with E-state index in [2.05, 4.69) is 10.3 Å². The first kappa shape index (κ1) is 14.6. The Labute approximate surface area is 122 Å². The molecule has 2 rings (SSSR count). The van der Waals surface area contributed by atoms with Gasteiger partial charge in [0.1, 0.15) is 5.82 Å². The molecule has 20 heavy (non-hydrogen) atoms. The zero-order valence-electron chi connectivity index (χ0n) is 12.0. The molecule has 0 aliphatic carbocycles. The normalized spacial score (nSPS) is 10.4. The molecule has 0 amide bonds. The lowest BCUT2D eigenvalue weighted by Crippen LogP contribution is -2.07. The highest BCUT2D eigenvalue weighted by atomic mass is 32.1. The van der Waals surface area contributed by atoms with Gasteiger partial charge >= 0.3 is 0 Å². The number of aryl methyl sites for hydroxylation is 1. The molecular weight excluding hydrogens is 277 g/mol. The molecule has 108 valence electrons. The lowest BCUT2D eigenvalue weighted by Gasteiger charge is -2.08. The maximum atomic E-state index is 13.7. The highest BCUT2D eigenvalue weighted by Crippen LogP contribution is 2.31. The number of halogens is 1. The average Bonchev–Trinajstić information content (AvgIpc) is 2.83. The molecule has 0 saturated carbocycles. The molecule has 0 atom stereocenters. The Kier molecular flexibility index (Phi) is 4.44. The number of methoxy groups -OCH3 is 1. The molecule has 0 spiro atoms. The predicted octanol–water partition coefficient (Wildman–Crippen LogP) is 3.28. The van der Waals surface area contributed by atoms with Gasteiger partial charge in [0.05, 0.1) is 24.2 Å². The van der Waals surface area contributed by atoms with E-state index in [0.717, 1.165) is 15.6 Å². The number of thiazole rings is 1. The van der Waals surface area contributed by atoms with Crippen molar-refractivity contribution in [2.24, 2.45) is 0 Å². The molecule has 4 nitrogen and oxygen atoms in total. The predicted molar refractivity (Wildman–Crippen MR) is 81.5 cm³/mol. The van der Waals surface area contributed by atoms with Crippen molar-refractivity contribution in [3.8, 4) is 5.88 Å². The highest BCUT2D eigenvalue weighted by molar-refractivity contribution is 7.15. The van der Waals surface area contributed by atoms with Gasteiger partial charge in [-0.15, -0.1) is 0 Å². The summed E-state index contributed by atoms with van der Waals surface area (Å²) < 4.78 is 18.9. The van der Waals surface area contributed by atoms with E-state index in [4.69, 9.17) is 4.74 Å². The minimum atomic E-state index is -0.257. The smallest absolute Gasteiger partial charge is 0.231 e. The third-order valence-corrected chi connectivity index (χ3v) is 3.99. The first-order chi connectivity index (χ1) is 9.51. The molecule has 2 aromatic rings. The minimum Gasteiger partial charge on any atom is -0.480 e. The molecule has 0 radical (unpaired) electrons. The van der Waals surface area contributed by atoms with Crippen molar-refractivity contribution in [3.05, 3.63) is 34.5 Å². The van der Waals surface area contributed by atoms with Crippen molar-refractivity contribution in [2.75, 3.05) is 31.4 Å². The number of aromatic nitrogens is 1. The van der Waals surface area contributed by atoms with Crippen LogP contribution < -0.4 is 15.0 Å². The summed E-state index contributed by atoms with van der Waals surface area (Å²) in [6.45, 7) is 2.41. The molecule has 0 aliphatic rings. The van der Waals surface area contributed by atoms with E-state index in [1.807, 2.05) is 25.9 Å². The van der Waals surface area contributed by atoms with Crippen LogP contribution in [0.3, 0.4) is 0 Å². The number of nitrogens with one attached hydrogen (secondary N) is 1. The van der Waals surface area contributed by atoms with Gasteiger partial charge in [0.2, 0.25) is 5.88 Å². The topological polar surface area (TPSA) is 37.4 Å². The molecule has 0 saturated heterocycles. The maximum absolute atomic E-state index is 13.7. The van der Waals surface area contributed by atoms with Crippen LogP contribution >= 0.6 is 11.3 Å². The summed E-state index contributed by atoms with van der Waals surface area (Å²) >= 11 is 1.53. The Bertz CT molecular complexity index is 598. The Morgan fingerprint density at radius 3 is 2.80 bits per heavy atom. The number of anilines is 2. The van der Waals surface area contributed by atoms with E-state index in [1.165, 1.54) is 17.4 Å². The third kappa shape index (κ3) is 3.19. The Balaban J connectivity index is 2.16. The van der Waals surface area contributed by atoms with Crippen LogP contribution in [-0.4, -0.2) is 26.2 Å². The van der Waals surface area contributed by atoms with E-state index in [1.54, 1.807) is 19.2 Å². The number of hydrogen-bond donors (Lipinski definition) is 1. The molecule has 1 aromatic carbocycles. The van der Waals surface area contributed by atoms with E-state index in [-0.39, 0.29) is 5.82 Å². The van der Waals surface area contributed by atoms with Gasteiger partial charge in [-0.05, 0) is 24.6 Å². The summed E-state index contributed by atoms with van der Waals surface area (Å²) in [4.78, 5) is 7.23. The first-order valence-corrected chi connectivity index (χ1v) is 7.04. The van der Waals surface area contributed by atoms with Gasteiger partial charge in [0.15, 0.2) is 5.13 Å². The number of ether oxygens (including phenoxy) is 1. The molecule has 1 N–H and O–H groups in total. The molecule has 6 heteroatoms. The zero-order chi connectivity index (χ0) is 14.7. The van der Waals surface area contributed by atoms with Crippen LogP contribution in [0.15, 0.2) is 18.2 Å². The minimum absolute atomic E-state index is 0.257. The third-order valence-electron chi connectivity index (χ3n) is 2.79. The number of nitrogens with zero attached hydrogens (tertiary/aromatic N) is 2. The largest absolute Gasteiger partial charge is 0.480 e. The molecular formula is C14H18FN3OS. The lowest BCUT2D eigenvalue weighted by atomic mass is 10.2. The number of rotatable bonds is 5. The van der Waals surface area contributed by atoms with Gasteiger partial charge in [-0.25, -0.2) is 4.39 Å². The van der Waals surface area contributed by atoms with Gasteiger partial charge in [-0.2, -0.15) is 4.98 Å². The Morgan fingerprint density at radius 1 is 1.40 bits per heavy atom. The van der Waals surface area contributed by atoms with Crippen molar-refractivity contribution in [1.82, 2.24) is 4.98 Å². The quantitative estimate of drug-likeness (QED) is 0.918. The molecule has 0 aliphatic heterocycles. The summed E-state index contributed by atoms with van der Waals surface area (Å²) in [6, 6.07) is 5.00. The molecule has 0 bridgehead atoms. The fraction of sp³-hybridized carbons (Fsp3) is 0.357.